The maximum Gasteiger partial charge on any atom is 0.106 e. The summed E-state index contributed by atoms with van der Waals surface area (Å²) in [6, 6.07) is 0. The second-order valence-electron chi connectivity index (χ2n) is 6.45. The van der Waals surface area contributed by atoms with Crippen molar-refractivity contribution in [2.24, 2.45) is 0 Å². The van der Waals surface area contributed by atoms with Gasteiger partial charge in [-0.05, 0) is 42.9 Å². The topological polar surface area (TPSA) is 0 Å². The fourth-order valence-corrected chi connectivity index (χ4v) is 8.00. The lowest BCUT2D eigenvalue weighted by Gasteiger charge is -2.33. The van der Waals surface area contributed by atoms with Crippen LogP contribution in [0.15, 0.2) is 0 Å². The Morgan fingerprint density at radius 1 is 0.478 bits per heavy atom. The van der Waals surface area contributed by atoms with Crippen LogP contribution in [0.2, 0.25) is 0 Å². The van der Waals surface area contributed by atoms with Gasteiger partial charge in [0.1, 0.15) is 3.41 Å². The van der Waals surface area contributed by atoms with Crippen LogP contribution < -0.4 is 0 Å². The van der Waals surface area contributed by atoms with E-state index in [4.69, 9.17) is 0 Å². The van der Waals surface area contributed by atoms with Gasteiger partial charge in [-0.2, -0.15) is 0 Å². The molecule has 3 heteroatoms. The van der Waals surface area contributed by atoms with Crippen molar-refractivity contribution in [1.29, 1.82) is 0 Å². The van der Waals surface area contributed by atoms with Crippen molar-refractivity contribution in [1.82, 2.24) is 0 Å². The second-order valence-corrected chi connectivity index (χ2v) is 11.4. The minimum Gasteiger partial charge on any atom is -0.133 e. The van der Waals surface area contributed by atoms with E-state index in [9.17, 15) is 0 Å². The molecule has 0 aromatic rings. The number of unbranched alkanes of at least 4 members (excludes halogenated alkanes) is 7. The van der Waals surface area contributed by atoms with Crippen LogP contribution in [0.4, 0.5) is 0 Å². The first kappa shape index (κ1) is 24.1. The molecule has 0 rings (SSSR count). The first-order valence-corrected chi connectivity index (χ1v) is 13.1. The van der Waals surface area contributed by atoms with Gasteiger partial charge in [-0.1, -0.05) is 79.1 Å². The summed E-state index contributed by atoms with van der Waals surface area (Å²) in [5.41, 5.74) is 0. The molecule has 23 heavy (non-hydrogen) atoms. The van der Waals surface area contributed by atoms with Crippen LogP contribution in [0.3, 0.4) is 0 Å². The molecule has 0 spiro atoms. The Balaban J connectivity index is 4.52. The highest BCUT2D eigenvalue weighted by atomic mass is 32.3. The Bertz CT molecular complexity index is 204. The summed E-state index contributed by atoms with van der Waals surface area (Å²) < 4.78 is 0.450. The third kappa shape index (κ3) is 14.0. The molecule has 0 N–H and O–H groups in total. The zero-order valence-corrected chi connectivity index (χ0v) is 18.8. The highest BCUT2D eigenvalue weighted by molar-refractivity contribution is 8.33. The number of hydrogen-bond donors (Lipinski definition) is 0. The zero-order valence-electron chi connectivity index (χ0n) is 16.3. The van der Waals surface area contributed by atoms with Crippen LogP contribution in [0.25, 0.3) is 0 Å². The quantitative estimate of drug-likeness (QED) is 0.173. The maximum atomic E-state index is 2.32. The van der Waals surface area contributed by atoms with E-state index in [1.165, 1.54) is 94.3 Å². The van der Waals surface area contributed by atoms with Gasteiger partial charge in [0.25, 0.3) is 0 Å². The van der Waals surface area contributed by atoms with Crippen molar-refractivity contribution in [3.05, 3.63) is 0 Å². The van der Waals surface area contributed by atoms with Gasteiger partial charge < -0.3 is 0 Å². The van der Waals surface area contributed by atoms with Gasteiger partial charge in [-0.3, -0.25) is 0 Å². The average molecular weight is 379 g/mol. The third-order valence-electron chi connectivity index (χ3n) is 4.05. The largest absolute Gasteiger partial charge is 0.133 e. The Hall–Kier alpha value is 1.05. The molecule has 0 bridgehead atoms. The van der Waals surface area contributed by atoms with Gasteiger partial charge in [0.15, 0.2) is 0 Å². The van der Waals surface area contributed by atoms with Crippen molar-refractivity contribution >= 4 is 35.3 Å². The van der Waals surface area contributed by atoms with Gasteiger partial charge in [-0.15, -0.1) is 35.3 Å². The van der Waals surface area contributed by atoms with Crippen molar-refractivity contribution in [2.75, 3.05) is 17.3 Å². The summed E-state index contributed by atoms with van der Waals surface area (Å²) in [4.78, 5) is 0. The van der Waals surface area contributed by atoms with Gasteiger partial charge in [0, 0.05) is 0 Å². The lowest BCUT2D eigenvalue weighted by atomic mass is 10.1. The van der Waals surface area contributed by atoms with Crippen LogP contribution in [-0.2, 0) is 0 Å². The van der Waals surface area contributed by atoms with Crippen LogP contribution in [-0.4, -0.2) is 20.7 Å². The van der Waals surface area contributed by atoms with E-state index in [2.05, 4.69) is 63.0 Å². The standard InChI is InChI=1S/C20H42S3/c1-5-9-13-14-15-16-20(21-17-10-6-2,22-18-11-7-3)23-19-12-8-4/h5-19H2,1-4H3. The predicted octanol–water partition coefficient (Wildman–Crippen LogP) is 8.60. The Kier molecular flexibility index (Phi) is 18.7. The lowest BCUT2D eigenvalue weighted by Crippen LogP contribution is -2.18. The molecular formula is C20H42S3. The normalized spacial score (nSPS) is 12.0. The molecule has 0 aliphatic rings. The van der Waals surface area contributed by atoms with Gasteiger partial charge in [0.2, 0.25) is 0 Å². The molecule has 0 aromatic carbocycles. The first-order chi connectivity index (χ1) is 11.2. The Morgan fingerprint density at radius 2 is 0.870 bits per heavy atom. The average Bonchev–Trinajstić information content (AvgIpc) is 2.55. The van der Waals surface area contributed by atoms with E-state index in [0.29, 0.717) is 3.41 Å². The van der Waals surface area contributed by atoms with Gasteiger partial charge in [0.05, 0.1) is 0 Å². The summed E-state index contributed by atoms with van der Waals surface area (Å²) in [6.07, 6.45) is 16.6. The third-order valence-corrected chi connectivity index (χ3v) is 9.58. The Morgan fingerprint density at radius 3 is 1.26 bits per heavy atom. The number of hydrogen-bond acceptors (Lipinski definition) is 3. The molecule has 0 fully saturated rings. The summed E-state index contributed by atoms with van der Waals surface area (Å²) in [6.45, 7) is 9.27. The monoisotopic (exact) mass is 378 g/mol. The molecule has 0 aliphatic heterocycles. The molecule has 0 unspecified atom stereocenters. The molecule has 0 aliphatic carbocycles. The minimum absolute atomic E-state index is 0.450. The van der Waals surface area contributed by atoms with Crippen LogP contribution in [0, 0.1) is 0 Å². The van der Waals surface area contributed by atoms with Crippen molar-refractivity contribution in [3.63, 3.8) is 0 Å². The summed E-state index contributed by atoms with van der Waals surface area (Å²) in [5.74, 6) is 4.05. The van der Waals surface area contributed by atoms with E-state index in [-0.39, 0.29) is 0 Å². The van der Waals surface area contributed by atoms with Crippen molar-refractivity contribution in [3.8, 4) is 0 Å². The SMILES string of the molecule is CCCCCCCC(SCCCC)(SCCCC)SCCCC. The molecular weight excluding hydrogens is 336 g/mol. The predicted molar refractivity (Wildman–Crippen MR) is 118 cm³/mol. The second kappa shape index (κ2) is 17.9. The molecule has 0 saturated carbocycles. The number of thioether (sulfide) groups is 3. The highest BCUT2D eigenvalue weighted by Gasteiger charge is 2.30. The molecule has 0 atom stereocenters. The van der Waals surface area contributed by atoms with E-state index in [1.807, 2.05) is 0 Å². The Labute approximate surface area is 160 Å². The molecule has 0 aromatic heterocycles. The molecule has 0 amide bonds. The van der Waals surface area contributed by atoms with E-state index < -0.39 is 0 Å². The summed E-state index contributed by atoms with van der Waals surface area (Å²) in [7, 11) is 0. The fraction of sp³-hybridized carbons (Fsp3) is 1.00. The van der Waals surface area contributed by atoms with E-state index >= 15 is 0 Å². The van der Waals surface area contributed by atoms with Gasteiger partial charge in [-0.25, -0.2) is 0 Å². The maximum absolute atomic E-state index is 2.32. The smallest absolute Gasteiger partial charge is 0.106 e. The van der Waals surface area contributed by atoms with Crippen LogP contribution in [0.1, 0.15) is 105 Å². The molecule has 0 radical (unpaired) electrons. The molecule has 0 heterocycles. The van der Waals surface area contributed by atoms with Gasteiger partial charge >= 0.3 is 0 Å². The lowest BCUT2D eigenvalue weighted by molar-refractivity contribution is 0.616. The summed E-state index contributed by atoms with van der Waals surface area (Å²) in [5, 5.41) is 0. The van der Waals surface area contributed by atoms with E-state index in [0.717, 1.165) is 0 Å². The van der Waals surface area contributed by atoms with Crippen molar-refractivity contribution < 1.29 is 0 Å². The number of rotatable bonds is 18. The van der Waals surface area contributed by atoms with Crippen LogP contribution >= 0.6 is 35.3 Å². The fourth-order valence-electron chi connectivity index (χ4n) is 2.40. The molecule has 140 valence electrons. The highest BCUT2D eigenvalue weighted by Crippen LogP contribution is 2.51. The first-order valence-electron chi connectivity index (χ1n) is 10.2. The van der Waals surface area contributed by atoms with Crippen molar-refractivity contribution in [2.45, 2.75) is 108 Å². The molecule has 0 saturated heterocycles. The van der Waals surface area contributed by atoms with E-state index in [1.54, 1.807) is 0 Å². The summed E-state index contributed by atoms with van der Waals surface area (Å²) >= 11 is 6.85. The zero-order chi connectivity index (χ0) is 17.2. The minimum atomic E-state index is 0.450. The van der Waals surface area contributed by atoms with Crippen LogP contribution in [0.5, 0.6) is 0 Å². The molecule has 0 nitrogen and oxygen atoms in total.